The Bertz CT molecular complexity index is 175. The van der Waals surface area contributed by atoms with Gasteiger partial charge in [0.05, 0.1) is 0 Å². The number of rotatable bonds is 0. The van der Waals surface area contributed by atoms with E-state index >= 15 is 0 Å². The van der Waals surface area contributed by atoms with E-state index in [1.807, 2.05) is 18.5 Å². The molecule has 0 fully saturated rings. The van der Waals surface area contributed by atoms with E-state index in [1.165, 1.54) is 5.56 Å². The molecule has 0 aliphatic carbocycles. The number of nitrogens with one attached hydrogen (secondary N) is 1. The van der Waals surface area contributed by atoms with Gasteiger partial charge in [-0.25, -0.2) is 0 Å². The number of carboxylic acid groups (broad SMARTS) is 1. The summed E-state index contributed by atoms with van der Waals surface area (Å²) in [5.74, 6) is -0.833. The van der Waals surface area contributed by atoms with E-state index in [0.29, 0.717) is 0 Å². The molecule has 1 aromatic heterocycles. The number of aromatic amines is 1. The lowest BCUT2D eigenvalue weighted by atomic mass is 10.4. The Labute approximate surface area is 59.7 Å². The lowest BCUT2D eigenvalue weighted by molar-refractivity contribution is -0.134. The van der Waals surface area contributed by atoms with Crippen molar-refractivity contribution < 1.29 is 9.90 Å². The second-order valence-corrected chi connectivity index (χ2v) is 1.91. The summed E-state index contributed by atoms with van der Waals surface area (Å²) in [6.07, 6.45) is 3.87. The fraction of sp³-hybridized carbons (Fsp3) is 0.286. The van der Waals surface area contributed by atoms with Gasteiger partial charge < -0.3 is 10.1 Å². The molecule has 0 atom stereocenters. The van der Waals surface area contributed by atoms with Gasteiger partial charge in [-0.2, -0.15) is 0 Å². The van der Waals surface area contributed by atoms with Gasteiger partial charge >= 0.3 is 0 Å². The Kier molecular flexibility index (Phi) is 4.04. The molecule has 10 heavy (non-hydrogen) atoms. The third-order valence-electron chi connectivity index (χ3n) is 0.753. The molecule has 3 heteroatoms. The average molecular weight is 141 g/mol. The molecule has 0 amide bonds. The lowest BCUT2D eigenvalue weighted by Crippen LogP contribution is -1.78. The van der Waals surface area contributed by atoms with Crippen LogP contribution in [0.4, 0.5) is 0 Å². The van der Waals surface area contributed by atoms with Crippen LogP contribution in [0.3, 0.4) is 0 Å². The zero-order chi connectivity index (χ0) is 7.98. The van der Waals surface area contributed by atoms with E-state index in [2.05, 4.69) is 11.9 Å². The number of aromatic nitrogens is 1. The van der Waals surface area contributed by atoms with Crippen molar-refractivity contribution in [2.24, 2.45) is 0 Å². The lowest BCUT2D eigenvalue weighted by Gasteiger charge is -1.65. The van der Waals surface area contributed by atoms with Crippen molar-refractivity contribution in [3.8, 4) is 0 Å². The Morgan fingerprint density at radius 3 is 2.30 bits per heavy atom. The molecule has 0 saturated heterocycles. The van der Waals surface area contributed by atoms with Gasteiger partial charge in [0, 0.05) is 19.3 Å². The van der Waals surface area contributed by atoms with E-state index in [4.69, 9.17) is 9.90 Å². The minimum atomic E-state index is -0.833. The van der Waals surface area contributed by atoms with Gasteiger partial charge in [-0.1, -0.05) is 0 Å². The van der Waals surface area contributed by atoms with Crippen molar-refractivity contribution in [3.05, 3.63) is 24.0 Å². The third-order valence-corrected chi connectivity index (χ3v) is 0.753. The highest BCUT2D eigenvalue weighted by Gasteiger charge is 1.73. The van der Waals surface area contributed by atoms with Crippen LogP contribution in [0.25, 0.3) is 0 Å². The Hall–Kier alpha value is -1.25. The molecular weight excluding hydrogens is 130 g/mol. The zero-order valence-electron chi connectivity index (χ0n) is 6.09. The Morgan fingerprint density at radius 2 is 2.20 bits per heavy atom. The van der Waals surface area contributed by atoms with E-state index in [1.54, 1.807) is 0 Å². The summed E-state index contributed by atoms with van der Waals surface area (Å²) < 4.78 is 0. The molecule has 1 rings (SSSR count). The minimum absolute atomic E-state index is 0.833. The Balaban J connectivity index is 0.000000180. The van der Waals surface area contributed by atoms with E-state index in [-0.39, 0.29) is 0 Å². The Morgan fingerprint density at radius 1 is 1.70 bits per heavy atom. The maximum Gasteiger partial charge on any atom is 0.300 e. The highest BCUT2D eigenvalue weighted by atomic mass is 16.4. The third kappa shape index (κ3) is 6.75. The van der Waals surface area contributed by atoms with Crippen LogP contribution in [-0.4, -0.2) is 16.1 Å². The minimum Gasteiger partial charge on any atom is -0.481 e. The molecule has 0 radical (unpaired) electrons. The van der Waals surface area contributed by atoms with Gasteiger partial charge in [-0.15, -0.1) is 0 Å². The first-order valence-electron chi connectivity index (χ1n) is 2.92. The maximum absolute atomic E-state index is 9.00. The quantitative estimate of drug-likeness (QED) is 0.574. The molecule has 0 aromatic carbocycles. The van der Waals surface area contributed by atoms with Gasteiger partial charge in [-0.3, -0.25) is 4.79 Å². The summed E-state index contributed by atoms with van der Waals surface area (Å²) in [5, 5.41) is 7.42. The van der Waals surface area contributed by atoms with Crippen LogP contribution in [0.1, 0.15) is 12.5 Å². The van der Waals surface area contributed by atoms with Crippen LogP contribution in [0.15, 0.2) is 18.5 Å². The van der Waals surface area contributed by atoms with Crippen LogP contribution >= 0.6 is 0 Å². The van der Waals surface area contributed by atoms with Crippen LogP contribution < -0.4 is 0 Å². The number of aryl methyl sites for hydroxylation is 1. The first kappa shape index (κ1) is 8.75. The van der Waals surface area contributed by atoms with Crippen LogP contribution in [0.5, 0.6) is 0 Å². The summed E-state index contributed by atoms with van der Waals surface area (Å²) in [6, 6.07) is 2.03. The average Bonchev–Trinajstić information content (AvgIpc) is 2.15. The van der Waals surface area contributed by atoms with Gasteiger partial charge in [0.15, 0.2) is 0 Å². The van der Waals surface area contributed by atoms with Crippen molar-refractivity contribution in [2.45, 2.75) is 13.8 Å². The van der Waals surface area contributed by atoms with Crippen molar-refractivity contribution in [3.63, 3.8) is 0 Å². The summed E-state index contributed by atoms with van der Waals surface area (Å²) in [5.41, 5.74) is 1.29. The number of hydrogen-bond acceptors (Lipinski definition) is 1. The van der Waals surface area contributed by atoms with Gasteiger partial charge in [-0.05, 0) is 18.6 Å². The highest BCUT2D eigenvalue weighted by molar-refractivity contribution is 5.62. The van der Waals surface area contributed by atoms with Crippen molar-refractivity contribution >= 4 is 5.97 Å². The molecule has 0 unspecified atom stereocenters. The van der Waals surface area contributed by atoms with Crippen molar-refractivity contribution in [1.82, 2.24) is 4.98 Å². The van der Waals surface area contributed by atoms with Gasteiger partial charge in [0.1, 0.15) is 0 Å². The predicted octanol–water partition coefficient (Wildman–Crippen LogP) is 1.41. The molecule has 0 bridgehead atoms. The molecule has 1 aromatic rings. The topological polar surface area (TPSA) is 53.1 Å². The normalized spacial score (nSPS) is 7.80. The SMILES string of the molecule is CC(=O)O.Cc1cc[nH]c1. The number of carboxylic acids is 1. The number of carbonyl (C=O) groups is 1. The number of hydrogen-bond donors (Lipinski definition) is 2. The zero-order valence-corrected chi connectivity index (χ0v) is 6.09. The smallest absolute Gasteiger partial charge is 0.300 e. The number of H-pyrrole nitrogens is 1. The van der Waals surface area contributed by atoms with Gasteiger partial charge in [0.25, 0.3) is 5.97 Å². The summed E-state index contributed by atoms with van der Waals surface area (Å²) in [4.78, 5) is 11.9. The maximum atomic E-state index is 9.00. The van der Waals surface area contributed by atoms with Crippen LogP contribution in [-0.2, 0) is 4.79 Å². The molecule has 0 aliphatic heterocycles. The fourth-order valence-corrected chi connectivity index (χ4v) is 0.407. The standard InChI is InChI=1S/C5H7N.C2H4O2/c1-5-2-3-6-4-5;1-2(3)4/h2-4,6H,1H3;1H3,(H,3,4). The molecule has 2 N–H and O–H groups in total. The second-order valence-electron chi connectivity index (χ2n) is 1.91. The first-order valence-corrected chi connectivity index (χ1v) is 2.92. The van der Waals surface area contributed by atoms with Crippen LogP contribution in [0, 0.1) is 6.92 Å². The van der Waals surface area contributed by atoms with Crippen molar-refractivity contribution in [1.29, 1.82) is 0 Å². The van der Waals surface area contributed by atoms with Crippen molar-refractivity contribution in [2.75, 3.05) is 0 Å². The summed E-state index contributed by atoms with van der Waals surface area (Å²) >= 11 is 0. The highest BCUT2D eigenvalue weighted by Crippen LogP contribution is 1.88. The fourth-order valence-electron chi connectivity index (χ4n) is 0.407. The molecule has 0 saturated carbocycles. The molecule has 1 heterocycles. The van der Waals surface area contributed by atoms with Crippen LogP contribution in [0.2, 0.25) is 0 Å². The summed E-state index contributed by atoms with van der Waals surface area (Å²) in [6.45, 7) is 3.14. The summed E-state index contributed by atoms with van der Waals surface area (Å²) in [7, 11) is 0. The van der Waals surface area contributed by atoms with Gasteiger partial charge in [0.2, 0.25) is 0 Å². The van der Waals surface area contributed by atoms with E-state index in [0.717, 1.165) is 6.92 Å². The number of aliphatic carboxylic acids is 1. The first-order chi connectivity index (χ1) is 4.63. The second kappa shape index (κ2) is 4.61. The molecular formula is C7H11NO2. The largest absolute Gasteiger partial charge is 0.481 e. The van der Waals surface area contributed by atoms with E-state index < -0.39 is 5.97 Å². The monoisotopic (exact) mass is 141 g/mol. The molecule has 3 nitrogen and oxygen atoms in total. The molecule has 56 valence electrons. The molecule has 0 spiro atoms. The van der Waals surface area contributed by atoms with E-state index in [9.17, 15) is 0 Å². The molecule has 0 aliphatic rings. The predicted molar refractivity (Wildman–Crippen MR) is 38.8 cm³/mol.